The first-order chi connectivity index (χ1) is 13.5. The molecule has 5 nitrogen and oxygen atoms in total. The molecule has 0 aliphatic heterocycles. The van der Waals surface area contributed by atoms with Crippen LogP contribution in [-0.2, 0) is 11.3 Å². The van der Waals surface area contributed by atoms with Crippen LogP contribution in [0, 0.1) is 13.8 Å². The van der Waals surface area contributed by atoms with Gasteiger partial charge in [-0.15, -0.1) is 16.8 Å². The lowest BCUT2D eigenvalue weighted by Gasteiger charge is -2.09. The number of allylic oxidation sites excluding steroid dienone is 1. The molecule has 0 radical (unpaired) electrons. The van der Waals surface area contributed by atoms with E-state index in [1.807, 2.05) is 54.8 Å². The Morgan fingerprint density at radius 2 is 1.86 bits per heavy atom. The third kappa shape index (κ3) is 5.03. The van der Waals surface area contributed by atoms with Crippen molar-refractivity contribution in [3.05, 3.63) is 71.3 Å². The fraction of sp³-hybridized carbons (Fsp3) is 0.190. The number of aryl methyl sites for hydroxylation is 2. The van der Waals surface area contributed by atoms with Gasteiger partial charge in [-0.25, -0.2) is 0 Å². The quantitative estimate of drug-likeness (QED) is 0.431. The highest BCUT2D eigenvalue weighted by Crippen LogP contribution is 2.25. The van der Waals surface area contributed by atoms with E-state index in [0.717, 1.165) is 22.4 Å². The molecule has 0 aliphatic rings. The molecule has 0 bridgehead atoms. The first-order valence-electron chi connectivity index (χ1n) is 8.77. The molecule has 0 saturated heterocycles. The molecular weight excluding hydrogens is 392 g/mol. The van der Waals surface area contributed by atoms with E-state index < -0.39 is 0 Å². The molecule has 28 heavy (non-hydrogen) atoms. The minimum atomic E-state index is -0.0869. The molecule has 0 spiro atoms. The number of anilines is 1. The Balaban J connectivity index is 1.72. The van der Waals surface area contributed by atoms with E-state index in [9.17, 15) is 4.79 Å². The van der Waals surface area contributed by atoms with E-state index in [0.29, 0.717) is 22.5 Å². The lowest BCUT2D eigenvalue weighted by molar-refractivity contribution is -0.113. The zero-order valence-corrected chi connectivity index (χ0v) is 17.3. The number of hydrogen-bond acceptors (Lipinski definition) is 4. The van der Waals surface area contributed by atoms with E-state index in [-0.39, 0.29) is 11.7 Å². The lowest BCUT2D eigenvalue weighted by atomic mass is 10.1. The van der Waals surface area contributed by atoms with Crippen LogP contribution in [0.5, 0.6) is 0 Å². The maximum atomic E-state index is 12.4. The summed E-state index contributed by atoms with van der Waals surface area (Å²) < 4.78 is 1.94. The summed E-state index contributed by atoms with van der Waals surface area (Å²) in [6, 6.07) is 13.4. The molecule has 3 rings (SSSR count). The maximum absolute atomic E-state index is 12.4. The van der Waals surface area contributed by atoms with E-state index >= 15 is 0 Å². The van der Waals surface area contributed by atoms with Crippen molar-refractivity contribution in [2.45, 2.75) is 25.5 Å². The van der Waals surface area contributed by atoms with Crippen LogP contribution in [0.15, 0.2) is 60.3 Å². The average molecular weight is 413 g/mol. The van der Waals surface area contributed by atoms with Crippen molar-refractivity contribution in [3.8, 4) is 11.4 Å². The van der Waals surface area contributed by atoms with Gasteiger partial charge in [0.25, 0.3) is 0 Å². The van der Waals surface area contributed by atoms with Crippen LogP contribution < -0.4 is 5.32 Å². The summed E-state index contributed by atoms with van der Waals surface area (Å²) in [4.78, 5) is 12.4. The van der Waals surface area contributed by atoms with Crippen LogP contribution in [0.4, 0.5) is 5.69 Å². The third-order valence-electron chi connectivity index (χ3n) is 3.97. The van der Waals surface area contributed by atoms with Gasteiger partial charge in [0.1, 0.15) is 0 Å². The van der Waals surface area contributed by atoms with Gasteiger partial charge in [0, 0.05) is 22.8 Å². The molecular formula is C21H21ClN4OS. The van der Waals surface area contributed by atoms with Crippen LogP contribution in [0.1, 0.15) is 11.1 Å². The second kappa shape index (κ2) is 9.08. The predicted octanol–water partition coefficient (Wildman–Crippen LogP) is 5.13. The van der Waals surface area contributed by atoms with Gasteiger partial charge < -0.3 is 5.32 Å². The molecule has 0 unspecified atom stereocenters. The van der Waals surface area contributed by atoms with Crippen LogP contribution in [0.25, 0.3) is 11.4 Å². The Labute approximate surface area is 173 Å². The van der Waals surface area contributed by atoms with Gasteiger partial charge >= 0.3 is 0 Å². The first kappa shape index (κ1) is 20.2. The van der Waals surface area contributed by atoms with Crippen molar-refractivity contribution in [1.82, 2.24) is 14.8 Å². The summed E-state index contributed by atoms with van der Waals surface area (Å²) in [5.74, 6) is 0.869. The minimum Gasteiger partial charge on any atom is -0.325 e. The van der Waals surface area contributed by atoms with E-state index in [2.05, 4.69) is 28.2 Å². The molecule has 0 fully saturated rings. The fourth-order valence-electron chi connectivity index (χ4n) is 2.88. The molecule has 1 amide bonds. The number of benzene rings is 2. The van der Waals surface area contributed by atoms with E-state index in [1.54, 1.807) is 6.08 Å². The van der Waals surface area contributed by atoms with Gasteiger partial charge in [-0.2, -0.15) is 0 Å². The van der Waals surface area contributed by atoms with Crippen molar-refractivity contribution in [2.75, 3.05) is 11.1 Å². The lowest BCUT2D eigenvalue weighted by Crippen LogP contribution is -2.15. The SMILES string of the molecule is C=CCn1c(SCC(=O)Nc2cc(C)cc(C)c2)nnc1-c1ccc(Cl)cc1. The number of carbonyl (C=O) groups excluding carboxylic acids is 1. The van der Waals surface area contributed by atoms with Gasteiger partial charge in [-0.05, 0) is 61.4 Å². The molecule has 7 heteroatoms. The molecule has 2 aromatic carbocycles. The molecule has 1 aromatic heterocycles. The molecule has 0 aliphatic carbocycles. The summed E-state index contributed by atoms with van der Waals surface area (Å²) in [7, 11) is 0. The second-order valence-corrected chi connectivity index (χ2v) is 7.80. The van der Waals surface area contributed by atoms with Gasteiger partial charge in [-0.3, -0.25) is 9.36 Å². The summed E-state index contributed by atoms with van der Waals surface area (Å²) in [5.41, 5.74) is 3.94. The number of thioether (sulfide) groups is 1. The summed E-state index contributed by atoms with van der Waals surface area (Å²) >= 11 is 7.31. The third-order valence-corrected chi connectivity index (χ3v) is 5.19. The largest absolute Gasteiger partial charge is 0.325 e. The number of nitrogens with zero attached hydrogens (tertiary/aromatic N) is 3. The highest BCUT2D eigenvalue weighted by Gasteiger charge is 2.15. The van der Waals surface area contributed by atoms with Gasteiger partial charge in [0.2, 0.25) is 5.91 Å². The Morgan fingerprint density at radius 3 is 2.50 bits per heavy atom. The topological polar surface area (TPSA) is 59.8 Å². The number of nitrogens with one attached hydrogen (secondary N) is 1. The molecule has 0 saturated carbocycles. The van der Waals surface area contributed by atoms with Crippen molar-refractivity contribution in [1.29, 1.82) is 0 Å². The predicted molar refractivity (Wildman–Crippen MR) is 116 cm³/mol. The average Bonchev–Trinajstić information content (AvgIpc) is 3.03. The van der Waals surface area contributed by atoms with Gasteiger partial charge in [0.05, 0.1) is 5.75 Å². The van der Waals surface area contributed by atoms with Crippen molar-refractivity contribution < 1.29 is 4.79 Å². The van der Waals surface area contributed by atoms with Crippen molar-refractivity contribution in [3.63, 3.8) is 0 Å². The highest BCUT2D eigenvalue weighted by molar-refractivity contribution is 7.99. The molecule has 1 heterocycles. The van der Waals surface area contributed by atoms with Crippen LogP contribution in [-0.4, -0.2) is 26.4 Å². The number of aromatic nitrogens is 3. The second-order valence-electron chi connectivity index (χ2n) is 6.43. The minimum absolute atomic E-state index is 0.0869. The number of rotatable bonds is 7. The number of amides is 1. The Morgan fingerprint density at radius 1 is 1.18 bits per heavy atom. The summed E-state index contributed by atoms with van der Waals surface area (Å²) in [6.07, 6.45) is 1.78. The molecule has 0 atom stereocenters. The standard InChI is InChI=1S/C21H21ClN4OS/c1-4-9-26-20(16-5-7-17(22)8-6-16)24-25-21(26)28-13-19(27)23-18-11-14(2)10-15(3)12-18/h4-8,10-12H,1,9,13H2,2-3H3,(H,23,27). The Kier molecular flexibility index (Phi) is 6.54. The monoisotopic (exact) mass is 412 g/mol. The van der Waals surface area contributed by atoms with Crippen molar-refractivity contribution in [2.24, 2.45) is 0 Å². The summed E-state index contributed by atoms with van der Waals surface area (Å²) in [5, 5.41) is 12.8. The zero-order valence-electron chi connectivity index (χ0n) is 15.8. The van der Waals surface area contributed by atoms with Crippen LogP contribution >= 0.6 is 23.4 Å². The normalized spacial score (nSPS) is 10.7. The summed E-state index contributed by atoms with van der Waals surface area (Å²) in [6.45, 7) is 8.37. The molecule has 144 valence electrons. The van der Waals surface area contributed by atoms with Gasteiger partial charge in [0.15, 0.2) is 11.0 Å². The number of hydrogen-bond donors (Lipinski definition) is 1. The first-order valence-corrected chi connectivity index (χ1v) is 10.1. The van der Waals surface area contributed by atoms with Gasteiger partial charge in [-0.1, -0.05) is 35.5 Å². The van der Waals surface area contributed by atoms with Crippen LogP contribution in [0.3, 0.4) is 0 Å². The van der Waals surface area contributed by atoms with Crippen molar-refractivity contribution >= 4 is 35.0 Å². The Hall–Kier alpha value is -2.57. The van der Waals surface area contributed by atoms with E-state index in [4.69, 9.17) is 11.6 Å². The van der Waals surface area contributed by atoms with E-state index in [1.165, 1.54) is 11.8 Å². The maximum Gasteiger partial charge on any atom is 0.234 e. The Bertz CT molecular complexity index is 978. The molecule has 1 N–H and O–H groups in total. The number of halogens is 1. The smallest absolute Gasteiger partial charge is 0.234 e. The highest BCUT2D eigenvalue weighted by atomic mass is 35.5. The molecule has 3 aromatic rings. The van der Waals surface area contributed by atoms with Crippen LogP contribution in [0.2, 0.25) is 5.02 Å². The number of carbonyl (C=O) groups is 1. The fourth-order valence-corrected chi connectivity index (χ4v) is 3.75. The zero-order chi connectivity index (χ0) is 20.1.